The molecule has 0 bridgehead atoms. The molecule has 0 N–H and O–H groups in total. The van der Waals surface area contributed by atoms with E-state index in [0.717, 1.165) is 32.7 Å². The molecule has 0 atom stereocenters. The molecule has 3 nitrogen and oxygen atoms in total. The van der Waals surface area contributed by atoms with Crippen molar-refractivity contribution in [3.63, 3.8) is 0 Å². The van der Waals surface area contributed by atoms with Gasteiger partial charge in [0.25, 0.3) is 5.91 Å². The Hall–Kier alpha value is -0.480. The van der Waals surface area contributed by atoms with Gasteiger partial charge in [0.2, 0.25) is 0 Å². The number of hydrogen-bond acceptors (Lipinski definition) is 2. The molecule has 1 amide bonds. The van der Waals surface area contributed by atoms with Gasteiger partial charge < -0.3 is 4.90 Å². The van der Waals surface area contributed by atoms with Gasteiger partial charge in [-0.1, -0.05) is 11.6 Å². The van der Waals surface area contributed by atoms with Crippen LogP contribution in [-0.2, 0) is 0 Å². The van der Waals surface area contributed by atoms with Crippen molar-refractivity contribution < 1.29 is 4.79 Å². The van der Waals surface area contributed by atoms with Crippen LogP contribution in [0.2, 0.25) is 5.02 Å². The number of amides is 1. The van der Waals surface area contributed by atoms with E-state index in [2.05, 4.69) is 4.90 Å². The fourth-order valence-corrected chi connectivity index (χ4v) is 2.43. The number of nitrogens with zero attached hydrogens (tertiary/aromatic N) is 2. The van der Waals surface area contributed by atoms with E-state index in [0.29, 0.717) is 16.5 Å². The maximum atomic E-state index is 12.2. The summed E-state index contributed by atoms with van der Waals surface area (Å²) < 4.78 is 0. The molecule has 1 saturated heterocycles. The van der Waals surface area contributed by atoms with Crippen molar-refractivity contribution in [3.8, 4) is 0 Å². The third-order valence-corrected chi connectivity index (χ3v) is 3.57. The van der Waals surface area contributed by atoms with Gasteiger partial charge >= 0.3 is 0 Å². The molecule has 0 saturated carbocycles. The second-order valence-corrected chi connectivity index (χ2v) is 5.14. The summed E-state index contributed by atoms with van der Waals surface area (Å²) in [6.45, 7) is 4.21. The molecule has 0 unspecified atom stereocenters. The first-order chi connectivity index (χ1) is 8.70. The number of alkyl halides is 1. The Morgan fingerprint density at radius 1 is 1.11 bits per heavy atom. The van der Waals surface area contributed by atoms with E-state index in [1.54, 1.807) is 24.3 Å². The van der Waals surface area contributed by atoms with Gasteiger partial charge in [-0.3, -0.25) is 9.69 Å². The molecule has 6 heteroatoms. The van der Waals surface area contributed by atoms with Gasteiger partial charge in [-0.2, -0.15) is 0 Å². The third kappa shape index (κ3) is 4.53. The molecule has 0 radical (unpaired) electrons. The minimum absolute atomic E-state index is 0. The summed E-state index contributed by atoms with van der Waals surface area (Å²) in [5.41, 5.74) is 0.699. The summed E-state index contributed by atoms with van der Waals surface area (Å²) in [4.78, 5) is 16.4. The molecule has 1 aromatic carbocycles. The quantitative estimate of drug-likeness (QED) is 0.799. The van der Waals surface area contributed by atoms with Crippen molar-refractivity contribution in [3.05, 3.63) is 34.9 Å². The lowest BCUT2D eigenvalue weighted by molar-refractivity contribution is 0.0644. The molecule has 2 rings (SSSR count). The lowest BCUT2D eigenvalue weighted by Gasteiger charge is -2.34. The molecule has 1 heterocycles. The van der Waals surface area contributed by atoms with Crippen LogP contribution in [-0.4, -0.2) is 54.3 Å². The Morgan fingerprint density at radius 3 is 2.21 bits per heavy atom. The fraction of sp³-hybridized carbons (Fsp3) is 0.462. The van der Waals surface area contributed by atoms with Crippen LogP contribution in [0.15, 0.2) is 24.3 Å². The zero-order chi connectivity index (χ0) is 13.0. The Morgan fingerprint density at radius 2 is 1.68 bits per heavy atom. The average Bonchev–Trinajstić information content (AvgIpc) is 2.40. The smallest absolute Gasteiger partial charge is 0.253 e. The molecular weight excluding hydrogens is 307 g/mol. The molecule has 0 aromatic heterocycles. The van der Waals surface area contributed by atoms with E-state index in [1.165, 1.54) is 0 Å². The zero-order valence-corrected chi connectivity index (χ0v) is 12.8. The van der Waals surface area contributed by atoms with Crippen LogP contribution in [0.25, 0.3) is 0 Å². The summed E-state index contributed by atoms with van der Waals surface area (Å²) >= 11 is 11.5. The summed E-state index contributed by atoms with van der Waals surface area (Å²) in [7, 11) is 0. The highest BCUT2D eigenvalue weighted by molar-refractivity contribution is 6.30. The van der Waals surface area contributed by atoms with Crippen LogP contribution in [0, 0.1) is 0 Å². The second kappa shape index (κ2) is 7.95. The minimum atomic E-state index is 0. The predicted molar refractivity (Wildman–Crippen MR) is 81.8 cm³/mol. The van der Waals surface area contributed by atoms with Gasteiger partial charge in [-0.05, 0) is 24.3 Å². The van der Waals surface area contributed by atoms with E-state index < -0.39 is 0 Å². The van der Waals surface area contributed by atoms with Gasteiger partial charge in [0, 0.05) is 49.2 Å². The number of carbonyl (C=O) groups is 1. The number of benzene rings is 1. The maximum absolute atomic E-state index is 12.2. The predicted octanol–water partition coefficient (Wildman–Crippen LogP) is 2.76. The summed E-state index contributed by atoms with van der Waals surface area (Å²) in [6.07, 6.45) is 0. The lowest BCUT2D eigenvalue weighted by Crippen LogP contribution is -2.49. The van der Waals surface area contributed by atoms with Crippen LogP contribution < -0.4 is 0 Å². The van der Waals surface area contributed by atoms with Gasteiger partial charge in [0.15, 0.2) is 0 Å². The van der Waals surface area contributed by atoms with Gasteiger partial charge in [-0.25, -0.2) is 0 Å². The number of rotatable bonds is 3. The zero-order valence-electron chi connectivity index (χ0n) is 10.5. The van der Waals surface area contributed by atoms with Crippen molar-refractivity contribution in [1.29, 1.82) is 0 Å². The molecule has 106 valence electrons. The highest BCUT2D eigenvalue weighted by Crippen LogP contribution is 2.13. The first kappa shape index (κ1) is 16.6. The summed E-state index contributed by atoms with van der Waals surface area (Å²) in [5.74, 6) is 0.725. The fourth-order valence-electron chi connectivity index (χ4n) is 2.07. The number of carbonyl (C=O) groups excluding carboxylic acids is 1. The average molecular weight is 324 g/mol. The van der Waals surface area contributed by atoms with Crippen molar-refractivity contribution in [1.82, 2.24) is 9.80 Å². The largest absolute Gasteiger partial charge is 0.336 e. The molecule has 1 fully saturated rings. The molecule has 1 aliphatic heterocycles. The molecular formula is C13H17Cl3N2O. The van der Waals surface area contributed by atoms with E-state index in [4.69, 9.17) is 23.2 Å². The number of hydrogen-bond donors (Lipinski definition) is 0. The Balaban J connectivity index is 0.00000180. The standard InChI is InChI=1S/C13H16Cl2N2O.ClH/c14-5-6-16-7-9-17(10-8-16)13(18)11-1-3-12(15)4-2-11;/h1-4H,5-10H2;1H. The van der Waals surface area contributed by atoms with Gasteiger partial charge in [0.1, 0.15) is 0 Å². The Bertz CT molecular complexity index is 403. The van der Waals surface area contributed by atoms with Crippen LogP contribution >= 0.6 is 35.6 Å². The van der Waals surface area contributed by atoms with Crippen molar-refractivity contribution in [2.75, 3.05) is 38.6 Å². The molecule has 0 spiro atoms. The van der Waals surface area contributed by atoms with Gasteiger partial charge in [-0.15, -0.1) is 24.0 Å². The van der Waals surface area contributed by atoms with Crippen molar-refractivity contribution in [2.24, 2.45) is 0 Å². The first-order valence-corrected chi connectivity index (χ1v) is 6.95. The number of piperazine rings is 1. The van der Waals surface area contributed by atoms with E-state index >= 15 is 0 Å². The maximum Gasteiger partial charge on any atom is 0.253 e. The SMILES string of the molecule is Cl.O=C(c1ccc(Cl)cc1)N1CCN(CCCl)CC1. The molecule has 1 aromatic rings. The van der Waals surface area contributed by atoms with Crippen LogP contribution in [0.3, 0.4) is 0 Å². The normalized spacial score (nSPS) is 16.0. The molecule has 19 heavy (non-hydrogen) atoms. The number of halogens is 3. The van der Waals surface area contributed by atoms with Crippen LogP contribution in [0.1, 0.15) is 10.4 Å². The van der Waals surface area contributed by atoms with Crippen molar-refractivity contribution in [2.45, 2.75) is 0 Å². The lowest BCUT2D eigenvalue weighted by atomic mass is 10.2. The van der Waals surface area contributed by atoms with E-state index in [1.807, 2.05) is 4.90 Å². The topological polar surface area (TPSA) is 23.6 Å². The second-order valence-electron chi connectivity index (χ2n) is 4.33. The minimum Gasteiger partial charge on any atom is -0.336 e. The molecule has 1 aliphatic rings. The summed E-state index contributed by atoms with van der Waals surface area (Å²) in [5, 5.41) is 0.651. The highest BCUT2D eigenvalue weighted by Gasteiger charge is 2.21. The Labute approximate surface area is 129 Å². The Kier molecular flexibility index (Phi) is 6.94. The molecule has 0 aliphatic carbocycles. The van der Waals surface area contributed by atoms with E-state index in [-0.39, 0.29) is 18.3 Å². The highest BCUT2D eigenvalue weighted by atomic mass is 35.5. The third-order valence-electron chi connectivity index (χ3n) is 3.15. The monoisotopic (exact) mass is 322 g/mol. The van der Waals surface area contributed by atoms with Crippen molar-refractivity contribution >= 4 is 41.5 Å². The summed E-state index contributed by atoms with van der Waals surface area (Å²) in [6, 6.07) is 7.04. The van der Waals surface area contributed by atoms with Crippen LogP contribution in [0.5, 0.6) is 0 Å². The van der Waals surface area contributed by atoms with E-state index in [9.17, 15) is 4.79 Å². The van der Waals surface area contributed by atoms with Crippen LogP contribution in [0.4, 0.5) is 0 Å². The first-order valence-electron chi connectivity index (χ1n) is 6.04. The van der Waals surface area contributed by atoms with Gasteiger partial charge in [0.05, 0.1) is 0 Å².